The number of aromatic nitrogens is 1. The lowest BCUT2D eigenvalue weighted by Gasteiger charge is -1.94. The van der Waals surface area contributed by atoms with Crippen LogP contribution >= 0.6 is 15.9 Å². The fourth-order valence-corrected chi connectivity index (χ4v) is 2.04. The van der Waals surface area contributed by atoms with Crippen LogP contribution in [0, 0.1) is 0 Å². The van der Waals surface area contributed by atoms with Crippen molar-refractivity contribution in [3.05, 3.63) is 64.8 Å². The van der Waals surface area contributed by atoms with Gasteiger partial charge in [-0.2, -0.15) is 0 Å². The van der Waals surface area contributed by atoms with Gasteiger partial charge in [-0.3, -0.25) is 4.99 Å². The highest BCUT2D eigenvalue weighted by Gasteiger charge is 2.12. The van der Waals surface area contributed by atoms with Crippen molar-refractivity contribution in [1.82, 2.24) is 4.98 Å². The SMILES string of the molecule is Oc1oc(-c2ccc(Br)cc2)nc1C=Nc1ccccc1. The Kier molecular flexibility index (Phi) is 3.83. The zero-order valence-corrected chi connectivity index (χ0v) is 12.5. The number of hydrogen-bond donors (Lipinski definition) is 1. The summed E-state index contributed by atoms with van der Waals surface area (Å²) in [6, 6.07) is 16.9. The summed E-state index contributed by atoms with van der Waals surface area (Å²) in [6.07, 6.45) is 1.48. The Morgan fingerprint density at radius 3 is 2.48 bits per heavy atom. The number of nitrogens with zero attached hydrogens (tertiary/aromatic N) is 2. The van der Waals surface area contributed by atoms with Gasteiger partial charge >= 0.3 is 5.95 Å². The van der Waals surface area contributed by atoms with Crippen LogP contribution < -0.4 is 0 Å². The summed E-state index contributed by atoms with van der Waals surface area (Å²) in [4.78, 5) is 8.49. The molecule has 1 N–H and O–H groups in total. The highest BCUT2D eigenvalue weighted by molar-refractivity contribution is 9.10. The summed E-state index contributed by atoms with van der Waals surface area (Å²) < 4.78 is 6.23. The number of aliphatic imine (C=N–C) groups is 1. The van der Waals surface area contributed by atoms with E-state index in [2.05, 4.69) is 25.9 Å². The first-order valence-electron chi connectivity index (χ1n) is 6.27. The maximum absolute atomic E-state index is 9.80. The van der Waals surface area contributed by atoms with E-state index >= 15 is 0 Å². The molecule has 3 rings (SSSR count). The summed E-state index contributed by atoms with van der Waals surface area (Å²) >= 11 is 3.37. The van der Waals surface area contributed by atoms with Gasteiger partial charge in [0.2, 0.25) is 5.89 Å². The van der Waals surface area contributed by atoms with Crippen molar-refractivity contribution in [2.24, 2.45) is 4.99 Å². The van der Waals surface area contributed by atoms with Crippen LogP contribution in [0.2, 0.25) is 0 Å². The molecule has 0 bridgehead atoms. The van der Waals surface area contributed by atoms with Gasteiger partial charge in [-0.15, -0.1) is 0 Å². The van der Waals surface area contributed by atoms with Gasteiger partial charge in [0.25, 0.3) is 0 Å². The molecule has 0 unspecified atom stereocenters. The number of hydrogen-bond acceptors (Lipinski definition) is 4. The maximum Gasteiger partial charge on any atom is 0.312 e. The summed E-state index contributed by atoms with van der Waals surface area (Å²) in [7, 11) is 0. The van der Waals surface area contributed by atoms with Crippen LogP contribution in [0.3, 0.4) is 0 Å². The summed E-state index contributed by atoms with van der Waals surface area (Å²) in [5, 5.41) is 9.80. The zero-order valence-electron chi connectivity index (χ0n) is 10.9. The lowest BCUT2D eigenvalue weighted by molar-refractivity contribution is 0.337. The molecular weight excluding hydrogens is 332 g/mol. The molecule has 0 aliphatic heterocycles. The Labute approximate surface area is 129 Å². The van der Waals surface area contributed by atoms with Gasteiger partial charge in [-0.05, 0) is 36.4 Å². The van der Waals surface area contributed by atoms with Crippen molar-refractivity contribution in [2.45, 2.75) is 0 Å². The van der Waals surface area contributed by atoms with Crippen LogP contribution in [0.5, 0.6) is 5.95 Å². The molecule has 21 heavy (non-hydrogen) atoms. The van der Waals surface area contributed by atoms with E-state index in [1.165, 1.54) is 6.21 Å². The first-order valence-corrected chi connectivity index (χ1v) is 7.06. The Balaban J connectivity index is 1.88. The molecule has 0 spiro atoms. The normalized spacial score (nSPS) is 11.1. The molecule has 0 saturated heterocycles. The van der Waals surface area contributed by atoms with Crippen LogP contribution in [0.4, 0.5) is 5.69 Å². The molecule has 0 amide bonds. The molecule has 0 saturated carbocycles. The molecule has 104 valence electrons. The largest absolute Gasteiger partial charge is 0.479 e. The van der Waals surface area contributed by atoms with E-state index < -0.39 is 0 Å². The second-order valence-corrected chi connectivity index (χ2v) is 5.23. The Morgan fingerprint density at radius 1 is 1.05 bits per heavy atom. The lowest BCUT2D eigenvalue weighted by Crippen LogP contribution is -1.82. The Morgan fingerprint density at radius 2 is 1.76 bits per heavy atom. The van der Waals surface area contributed by atoms with Crippen LogP contribution in [0.25, 0.3) is 11.5 Å². The molecule has 4 nitrogen and oxygen atoms in total. The molecule has 0 radical (unpaired) electrons. The predicted molar refractivity (Wildman–Crippen MR) is 85.0 cm³/mol. The van der Waals surface area contributed by atoms with Crippen molar-refractivity contribution in [3.63, 3.8) is 0 Å². The highest BCUT2D eigenvalue weighted by atomic mass is 79.9. The first kappa shape index (κ1) is 13.6. The Hall–Kier alpha value is -2.40. The van der Waals surface area contributed by atoms with Gasteiger partial charge < -0.3 is 9.52 Å². The minimum Gasteiger partial charge on any atom is -0.479 e. The maximum atomic E-state index is 9.80. The number of benzene rings is 2. The third-order valence-electron chi connectivity index (χ3n) is 2.82. The zero-order chi connectivity index (χ0) is 14.7. The summed E-state index contributed by atoms with van der Waals surface area (Å²) in [5.41, 5.74) is 1.87. The van der Waals surface area contributed by atoms with E-state index in [1.54, 1.807) is 0 Å². The number of halogens is 1. The first-order chi connectivity index (χ1) is 10.2. The second kappa shape index (κ2) is 5.93. The van der Waals surface area contributed by atoms with Gasteiger partial charge in [0.15, 0.2) is 5.69 Å². The molecule has 0 fully saturated rings. The lowest BCUT2D eigenvalue weighted by atomic mass is 10.2. The molecular formula is C16H11BrN2O2. The standard InChI is InChI=1S/C16H11BrN2O2/c17-12-8-6-11(7-9-12)15-19-14(16(20)21-15)10-18-13-4-2-1-3-5-13/h1-10,20H. The van der Waals surface area contributed by atoms with Crippen LogP contribution in [0.1, 0.15) is 5.69 Å². The van der Waals surface area contributed by atoms with Crippen molar-refractivity contribution >= 4 is 27.8 Å². The molecule has 0 atom stereocenters. The minimum atomic E-state index is -0.243. The molecule has 2 aromatic carbocycles. The van der Waals surface area contributed by atoms with E-state index in [4.69, 9.17) is 4.42 Å². The number of para-hydroxylation sites is 1. The van der Waals surface area contributed by atoms with Gasteiger partial charge in [-0.1, -0.05) is 34.1 Å². The number of aromatic hydroxyl groups is 1. The van der Waals surface area contributed by atoms with Gasteiger partial charge in [0.05, 0.1) is 11.9 Å². The molecule has 3 aromatic rings. The molecule has 0 aliphatic rings. The third kappa shape index (κ3) is 3.20. The smallest absolute Gasteiger partial charge is 0.312 e. The third-order valence-corrected chi connectivity index (χ3v) is 3.35. The van der Waals surface area contributed by atoms with Crippen LogP contribution in [-0.4, -0.2) is 16.3 Å². The van der Waals surface area contributed by atoms with E-state index in [9.17, 15) is 5.11 Å². The molecule has 5 heteroatoms. The van der Waals surface area contributed by atoms with Gasteiger partial charge in [0.1, 0.15) is 0 Å². The van der Waals surface area contributed by atoms with E-state index in [0.29, 0.717) is 11.6 Å². The van der Waals surface area contributed by atoms with Crippen molar-refractivity contribution in [3.8, 4) is 17.4 Å². The minimum absolute atomic E-state index is 0.243. The monoisotopic (exact) mass is 342 g/mol. The quantitative estimate of drug-likeness (QED) is 0.709. The van der Waals surface area contributed by atoms with Crippen LogP contribution in [0.15, 0.2) is 68.5 Å². The topological polar surface area (TPSA) is 58.6 Å². The van der Waals surface area contributed by atoms with Gasteiger partial charge in [-0.25, -0.2) is 4.98 Å². The average Bonchev–Trinajstić information content (AvgIpc) is 2.88. The summed E-state index contributed by atoms with van der Waals surface area (Å²) in [5.74, 6) is 0.113. The van der Waals surface area contributed by atoms with Crippen molar-refractivity contribution in [2.75, 3.05) is 0 Å². The van der Waals surface area contributed by atoms with E-state index in [-0.39, 0.29) is 5.95 Å². The van der Waals surface area contributed by atoms with E-state index in [0.717, 1.165) is 15.7 Å². The summed E-state index contributed by atoms with van der Waals surface area (Å²) in [6.45, 7) is 0. The molecule has 0 aliphatic carbocycles. The van der Waals surface area contributed by atoms with Crippen molar-refractivity contribution < 1.29 is 9.52 Å². The van der Waals surface area contributed by atoms with Crippen molar-refractivity contribution in [1.29, 1.82) is 0 Å². The van der Waals surface area contributed by atoms with Gasteiger partial charge in [0, 0.05) is 10.0 Å². The predicted octanol–water partition coefficient (Wildman–Crippen LogP) is 4.56. The Bertz CT molecular complexity index is 765. The molecule has 1 aromatic heterocycles. The fraction of sp³-hybridized carbons (Fsp3) is 0. The molecule has 1 heterocycles. The highest BCUT2D eigenvalue weighted by Crippen LogP contribution is 2.26. The van der Waals surface area contributed by atoms with E-state index in [1.807, 2.05) is 54.6 Å². The van der Waals surface area contributed by atoms with Crippen LogP contribution in [-0.2, 0) is 0 Å². The number of rotatable bonds is 3. The number of oxazole rings is 1. The fourth-order valence-electron chi connectivity index (χ4n) is 1.77. The average molecular weight is 343 g/mol. The second-order valence-electron chi connectivity index (χ2n) is 4.31.